The van der Waals surface area contributed by atoms with E-state index in [4.69, 9.17) is 5.73 Å². The summed E-state index contributed by atoms with van der Waals surface area (Å²) >= 11 is 0. The summed E-state index contributed by atoms with van der Waals surface area (Å²) in [4.78, 5) is 31.5. The summed E-state index contributed by atoms with van der Waals surface area (Å²) in [6.07, 6.45) is 1.98. The third-order valence-corrected chi connectivity index (χ3v) is 3.49. The number of Topliss-reactive ketones (excluding diaryl/α,β-unsaturated/α-hetero) is 3. The Kier molecular flexibility index (Phi) is 22.3. The minimum atomic E-state index is 0.0381. The molecule has 0 aliphatic rings. The van der Waals surface area contributed by atoms with Crippen molar-refractivity contribution >= 4 is 17.3 Å². The Hall–Kier alpha value is -2.07. The number of ketones is 3. The fourth-order valence-corrected chi connectivity index (χ4v) is 1.45. The number of carbonyl (C=O) groups is 3. The maximum atomic E-state index is 10.9. The van der Waals surface area contributed by atoms with Crippen molar-refractivity contribution in [3.8, 4) is 0 Å². The molecule has 0 aliphatic carbocycles. The molecular weight excluding hydrogens is 338 g/mol. The standard InChI is InChI=1S/C10H12O.C7H13NO.C4H8O.C2H6/c1-8(9(2)11)10-6-4-3-5-7-10;1-6(2)7(9)4-3-5-8;1-3-4(2)5;1-2/h3-8H,1-2H3;1,3-5,8H2,2H3;3H2,1-2H3;1-2H3/t8-;;;/m1.../s1. The molecule has 0 aromatic heterocycles. The summed E-state index contributed by atoms with van der Waals surface area (Å²) in [5.41, 5.74) is 6.92. The predicted molar refractivity (Wildman–Crippen MR) is 116 cm³/mol. The van der Waals surface area contributed by atoms with Crippen molar-refractivity contribution in [2.45, 2.75) is 73.6 Å². The van der Waals surface area contributed by atoms with Gasteiger partial charge < -0.3 is 10.5 Å². The molecular formula is C23H39NO3. The monoisotopic (exact) mass is 377 g/mol. The van der Waals surface area contributed by atoms with Crippen LogP contribution in [0.3, 0.4) is 0 Å². The number of benzene rings is 1. The molecule has 4 heteroatoms. The zero-order chi connectivity index (χ0) is 21.8. The molecule has 0 spiro atoms. The van der Waals surface area contributed by atoms with E-state index in [2.05, 4.69) is 6.58 Å². The van der Waals surface area contributed by atoms with Gasteiger partial charge >= 0.3 is 0 Å². The molecule has 2 N–H and O–H groups in total. The molecule has 0 amide bonds. The number of allylic oxidation sites excluding steroid dienone is 1. The summed E-state index contributed by atoms with van der Waals surface area (Å²) in [5.74, 6) is 0.637. The number of hydrogen-bond acceptors (Lipinski definition) is 4. The molecule has 1 aromatic carbocycles. The lowest BCUT2D eigenvalue weighted by Gasteiger charge is -2.05. The zero-order valence-corrected chi connectivity index (χ0v) is 18.3. The Labute approximate surface area is 166 Å². The minimum Gasteiger partial charge on any atom is -0.330 e. The maximum Gasteiger partial charge on any atom is 0.158 e. The molecule has 1 rings (SSSR count). The molecule has 0 saturated heterocycles. The van der Waals surface area contributed by atoms with Crippen molar-refractivity contribution in [1.82, 2.24) is 0 Å². The van der Waals surface area contributed by atoms with Crippen molar-refractivity contribution in [2.75, 3.05) is 6.54 Å². The number of hydrogen-bond donors (Lipinski definition) is 1. The van der Waals surface area contributed by atoms with Gasteiger partial charge in [0.25, 0.3) is 0 Å². The first-order chi connectivity index (χ1) is 12.7. The molecule has 1 atom stereocenters. The average Bonchev–Trinajstić information content (AvgIpc) is 2.68. The fourth-order valence-electron chi connectivity index (χ4n) is 1.45. The SMILES string of the molecule is C=C(C)C(=O)CCCN.CC.CC(=O)[C@@H](C)c1ccccc1.CCC(C)=O. The summed E-state index contributed by atoms with van der Waals surface area (Å²) in [6, 6.07) is 9.82. The highest BCUT2D eigenvalue weighted by Crippen LogP contribution is 2.14. The Morgan fingerprint density at radius 1 is 1.04 bits per heavy atom. The van der Waals surface area contributed by atoms with Gasteiger partial charge in [0.1, 0.15) is 11.6 Å². The van der Waals surface area contributed by atoms with Gasteiger partial charge in [0.2, 0.25) is 0 Å². The first-order valence-electron chi connectivity index (χ1n) is 9.60. The van der Waals surface area contributed by atoms with Crippen LogP contribution in [0.5, 0.6) is 0 Å². The molecule has 0 heterocycles. The maximum absolute atomic E-state index is 10.9. The van der Waals surface area contributed by atoms with E-state index in [1.807, 2.05) is 58.0 Å². The van der Waals surface area contributed by atoms with Crippen LogP contribution >= 0.6 is 0 Å². The van der Waals surface area contributed by atoms with Crippen LogP contribution in [-0.2, 0) is 14.4 Å². The highest BCUT2D eigenvalue weighted by atomic mass is 16.1. The molecule has 1 aromatic rings. The second-order valence-electron chi connectivity index (χ2n) is 5.89. The van der Waals surface area contributed by atoms with Crippen LogP contribution in [0.4, 0.5) is 0 Å². The van der Waals surface area contributed by atoms with Gasteiger partial charge in [-0.1, -0.05) is 64.6 Å². The van der Waals surface area contributed by atoms with Gasteiger partial charge in [0, 0.05) is 18.8 Å². The normalized spacial score (nSPS) is 9.78. The van der Waals surface area contributed by atoms with Crippen LogP contribution in [0, 0.1) is 0 Å². The lowest BCUT2D eigenvalue weighted by atomic mass is 9.98. The van der Waals surface area contributed by atoms with Crippen molar-refractivity contribution in [3.63, 3.8) is 0 Å². The Morgan fingerprint density at radius 3 is 1.78 bits per heavy atom. The minimum absolute atomic E-state index is 0.0381. The number of rotatable bonds is 7. The lowest BCUT2D eigenvalue weighted by Crippen LogP contribution is -2.04. The smallest absolute Gasteiger partial charge is 0.158 e. The van der Waals surface area contributed by atoms with Gasteiger partial charge in [-0.3, -0.25) is 9.59 Å². The summed E-state index contributed by atoms with van der Waals surface area (Å²) in [5, 5.41) is 0. The molecule has 0 unspecified atom stereocenters. The van der Waals surface area contributed by atoms with E-state index in [0.717, 1.165) is 12.0 Å². The van der Waals surface area contributed by atoms with Gasteiger partial charge in [-0.2, -0.15) is 0 Å². The first kappa shape index (κ1) is 29.7. The highest BCUT2D eigenvalue weighted by Gasteiger charge is 2.08. The second-order valence-corrected chi connectivity index (χ2v) is 5.89. The summed E-state index contributed by atoms with van der Waals surface area (Å²) in [7, 11) is 0. The quantitative estimate of drug-likeness (QED) is 0.657. The van der Waals surface area contributed by atoms with Crippen LogP contribution in [0.1, 0.15) is 79.2 Å². The van der Waals surface area contributed by atoms with Crippen LogP contribution in [-0.4, -0.2) is 23.9 Å². The fraction of sp³-hybridized carbons (Fsp3) is 0.522. The molecule has 0 saturated carbocycles. The van der Waals surface area contributed by atoms with Crippen LogP contribution in [0.2, 0.25) is 0 Å². The summed E-state index contributed by atoms with van der Waals surface area (Å²) < 4.78 is 0. The molecule has 0 aliphatic heterocycles. The zero-order valence-electron chi connectivity index (χ0n) is 18.3. The lowest BCUT2D eigenvalue weighted by molar-refractivity contribution is -0.118. The Balaban J connectivity index is -0.000000325. The van der Waals surface area contributed by atoms with Gasteiger partial charge in [-0.25, -0.2) is 0 Å². The van der Waals surface area contributed by atoms with Crippen molar-refractivity contribution in [3.05, 3.63) is 48.0 Å². The van der Waals surface area contributed by atoms with E-state index in [9.17, 15) is 14.4 Å². The molecule has 0 bridgehead atoms. The van der Waals surface area contributed by atoms with Crippen molar-refractivity contribution in [2.24, 2.45) is 5.73 Å². The Bertz CT molecular complexity index is 536. The first-order valence-corrected chi connectivity index (χ1v) is 9.60. The third kappa shape index (κ3) is 20.1. The van der Waals surface area contributed by atoms with Crippen LogP contribution in [0.15, 0.2) is 42.5 Å². The second kappa shape index (κ2) is 20.2. The largest absolute Gasteiger partial charge is 0.330 e. The molecule has 0 radical (unpaired) electrons. The average molecular weight is 378 g/mol. The van der Waals surface area contributed by atoms with Crippen LogP contribution < -0.4 is 5.73 Å². The van der Waals surface area contributed by atoms with E-state index in [1.165, 1.54) is 0 Å². The molecule has 27 heavy (non-hydrogen) atoms. The molecule has 4 nitrogen and oxygen atoms in total. The number of carbonyl (C=O) groups excluding carboxylic acids is 3. The van der Waals surface area contributed by atoms with Crippen molar-refractivity contribution < 1.29 is 14.4 Å². The van der Waals surface area contributed by atoms with E-state index in [-0.39, 0.29) is 23.3 Å². The van der Waals surface area contributed by atoms with Gasteiger partial charge in [0.05, 0.1) is 0 Å². The van der Waals surface area contributed by atoms with E-state index >= 15 is 0 Å². The van der Waals surface area contributed by atoms with Crippen LogP contribution in [0.25, 0.3) is 0 Å². The van der Waals surface area contributed by atoms with Gasteiger partial charge in [-0.15, -0.1) is 0 Å². The van der Waals surface area contributed by atoms with Gasteiger partial charge in [-0.05, 0) is 44.9 Å². The number of nitrogens with two attached hydrogens (primary N) is 1. The summed E-state index contributed by atoms with van der Waals surface area (Å²) in [6.45, 7) is 16.8. The van der Waals surface area contributed by atoms with E-state index < -0.39 is 0 Å². The van der Waals surface area contributed by atoms with Crippen molar-refractivity contribution in [1.29, 1.82) is 0 Å². The third-order valence-electron chi connectivity index (χ3n) is 3.49. The topological polar surface area (TPSA) is 77.2 Å². The van der Waals surface area contributed by atoms with Gasteiger partial charge in [0.15, 0.2) is 5.78 Å². The predicted octanol–water partition coefficient (Wildman–Crippen LogP) is 5.26. The van der Waals surface area contributed by atoms with E-state index in [1.54, 1.807) is 20.8 Å². The Morgan fingerprint density at radius 2 is 1.48 bits per heavy atom. The molecule has 154 valence electrons. The highest BCUT2D eigenvalue weighted by molar-refractivity contribution is 5.94. The molecule has 0 fully saturated rings. The van der Waals surface area contributed by atoms with E-state index in [0.29, 0.717) is 25.0 Å².